The van der Waals surface area contributed by atoms with E-state index in [0.717, 1.165) is 12.8 Å². The molecule has 9 nitrogen and oxygen atoms in total. The van der Waals surface area contributed by atoms with Crippen LogP contribution in [0.2, 0.25) is 0 Å². The summed E-state index contributed by atoms with van der Waals surface area (Å²) in [6, 6.07) is 5.59. The van der Waals surface area contributed by atoms with Gasteiger partial charge in [-0.3, -0.25) is 19.1 Å². The zero-order chi connectivity index (χ0) is 24.6. The van der Waals surface area contributed by atoms with E-state index >= 15 is 0 Å². The van der Waals surface area contributed by atoms with E-state index < -0.39 is 23.8 Å². The van der Waals surface area contributed by atoms with Crippen LogP contribution in [0.3, 0.4) is 0 Å². The summed E-state index contributed by atoms with van der Waals surface area (Å²) >= 11 is 0. The summed E-state index contributed by atoms with van der Waals surface area (Å²) in [6.07, 6.45) is 1.79. The van der Waals surface area contributed by atoms with Crippen LogP contribution in [-0.4, -0.2) is 34.2 Å². The summed E-state index contributed by atoms with van der Waals surface area (Å²) in [5, 5.41) is 2.60. The van der Waals surface area contributed by atoms with Gasteiger partial charge in [0.2, 0.25) is 0 Å². The first-order valence-corrected chi connectivity index (χ1v) is 10.8. The Morgan fingerprint density at radius 2 is 1.97 bits per heavy atom. The number of carbonyl (C=O) groups excluding carboxylic acids is 1. The van der Waals surface area contributed by atoms with Gasteiger partial charge >= 0.3 is 12.3 Å². The van der Waals surface area contributed by atoms with Gasteiger partial charge in [0.1, 0.15) is 0 Å². The Morgan fingerprint density at radius 3 is 2.59 bits per heavy atom. The number of ether oxygens (including phenoxy) is 2. The van der Waals surface area contributed by atoms with Gasteiger partial charge in [0.05, 0.1) is 18.1 Å². The van der Waals surface area contributed by atoms with Gasteiger partial charge in [0, 0.05) is 29.9 Å². The molecule has 4 rings (SSSR count). The number of fused-ring (bicyclic) bond motifs is 1. The first kappa shape index (κ1) is 23.4. The molecular formula is C23H24F2N4O5. The number of nitrogens with one attached hydrogen (secondary N) is 2. The van der Waals surface area contributed by atoms with Crippen molar-refractivity contribution in [1.82, 2.24) is 14.5 Å². The number of hydrogen-bond acceptors (Lipinski definition) is 6. The predicted octanol–water partition coefficient (Wildman–Crippen LogP) is 3.48. The van der Waals surface area contributed by atoms with Gasteiger partial charge in [-0.2, -0.15) is 8.78 Å². The molecule has 0 spiro atoms. The number of pyridine rings is 1. The fourth-order valence-electron chi connectivity index (χ4n) is 3.74. The number of nitrogens with zero attached hydrogens (tertiary/aromatic N) is 2. The molecule has 1 aromatic carbocycles. The van der Waals surface area contributed by atoms with Gasteiger partial charge in [-0.15, -0.1) is 0 Å². The zero-order valence-electron chi connectivity index (χ0n) is 18.9. The van der Waals surface area contributed by atoms with E-state index in [1.54, 1.807) is 6.07 Å². The molecule has 180 valence electrons. The zero-order valence-corrected chi connectivity index (χ0v) is 18.9. The molecule has 2 N–H and O–H groups in total. The first-order valence-electron chi connectivity index (χ1n) is 10.8. The van der Waals surface area contributed by atoms with E-state index in [4.69, 9.17) is 4.74 Å². The van der Waals surface area contributed by atoms with Crippen molar-refractivity contribution in [2.45, 2.75) is 45.8 Å². The molecule has 0 unspecified atom stereocenters. The number of carbonyl (C=O) groups is 1. The van der Waals surface area contributed by atoms with Crippen LogP contribution in [0.5, 0.6) is 11.5 Å². The Balaban J connectivity index is 1.82. The van der Waals surface area contributed by atoms with Crippen LogP contribution in [0, 0.1) is 5.92 Å². The van der Waals surface area contributed by atoms with E-state index in [1.165, 1.54) is 29.9 Å². The van der Waals surface area contributed by atoms with Crippen LogP contribution in [0.15, 0.2) is 33.9 Å². The third kappa shape index (κ3) is 4.78. The number of aromatic amines is 1. The van der Waals surface area contributed by atoms with Crippen molar-refractivity contribution in [3.05, 3.63) is 56.4 Å². The lowest BCUT2D eigenvalue weighted by atomic mass is 10.1. The fraction of sp³-hybridized carbons (Fsp3) is 0.391. The summed E-state index contributed by atoms with van der Waals surface area (Å²) in [5.41, 5.74) is -0.354. The quantitative estimate of drug-likeness (QED) is 0.517. The van der Waals surface area contributed by atoms with Crippen molar-refractivity contribution in [2.24, 2.45) is 5.92 Å². The van der Waals surface area contributed by atoms with E-state index in [0.29, 0.717) is 12.2 Å². The van der Waals surface area contributed by atoms with E-state index in [-0.39, 0.29) is 45.6 Å². The highest BCUT2D eigenvalue weighted by atomic mass is 19.3. The average molecular weight is 474 g/mol. The van der Waals surface area contributed by atoms with Gasteiger partial charge < -0.3 is 14.8 Å². The Labute approximate surface area is 192 Å². The van der Waals surface area contributed by atoms with Gasteiger partial charge in [-0.05, 0) is 37.0 Å². The van der Waals surface area contributed by atoms with E-state index in [1.807, 2.05) is 13.8 Å². The smallest absolute Gasteiger partial charge is 0.387 e. The minimum atomic E-state index is -3.08. The van der Waals surface area contributed by atoms with Gasteiger partial charge in [-0.25, -0.2) is 9.78 Å². The minimum Gasteiger partial charge on any atom is -0.493 e. The third-order valence-electron chi connectivity index (χ3n) is 5.39. The van der Waals surface area contributed by atoms with E-state index in [9.17, 15) is 23.2 Å². The number of rotatable bonds is 8. The molecular weight excluding hydrogens is 450 g/mol. The van der Waals surface area contributed by atoms with Gasteiger partial charge in [0.25, 0.3) is 11.5 Å². The number of aromatic nitrogens is 3. The average Bonchev–Trinajstić information content (AvgIpc) is 3.61. The molecule has 1 saturated carbocycles. The van der Waals surface area contributed by atoms with Crippen LogP contribution in [0.4, 0.5) is 14.5 Å². The molecule has 2 heterocycles. The molecule has 0 saturated heterocycles. The lowest BCUT2D eigenvalue weighted by molar-refractivity contribution is -0.0511. The maximum atomic E-state index is 13.3. The maximum absolute atomic E-state index is 13.3. The highest BCUT2D eigenvalue weighted by molar-refractivity contribution is 6.12. The summed E-state index contributed by atoms with van der Waals surface area (Å²) in [5.74, 6) is -0.606. The number of H-pyrrole nitrogens is 1. The number of benzene rings is 1. The minimum absolute atomic E-state index is 0.0142. The topological polar surface area (TPSA) is 115 Å². The second-order valence-electron chi connectivity index (χ2n) is 8.53. The number of hydrogen-bond donors (Lipinski definition) is 2. The van der Waals surface area contributed by atoms with Crippen LogP contribution in [0.1, 0.15) is 48.7 Å². The standard InChI is InChI=1S/C23H24F2N4O5/c1-11(2)10-29-19-18(21(31)28-23(29)32)14(9-15(27-19)12-4-5-12)20(30)26-13-6-7-16(33-3)17(8-13)34-22(24)25/h6-9,11-12,22H,4-5,10H2,1-3H3,(H,26,30)(H,28,31,32). The Bertz CT molecular complexity index is 1360. The number of methoxy groups -OCH3 is 1. The van der Waals surface area contributed by atoms with Gasteiger partial charge in [0.15, 0.2) is 17.1 Å². The van der Waals surface area contributed by atoms with Crippen molar-refractivity contribution in [3.8, 4) is 11.5 Å². The molecule has 11 heteroatoms. The highest BCUT2D eigenvalue weighted by Gasteiger charge is 2.29. The molecule has 0 atom stereocenters. The molecule has 1 aliphatic carbocycles. The number of anilines is 1. The fourth-order valence-corrected chi connectivity index (χ4v) is 3.74. The molecule has 3 aromatic rings. The molecule has 1 aliphatic rings. The molecule has 34 heavy (non-hydrogen) atoms. The van der Waals surface area contributed by atoms with Crippen molar-refractivity contribution < 1.29 is 23.0 Å². The number of alkyl halides is 2. The molecule has 0 bridgehead atoms. The van der Waals surface area contributed by atoms with Crippen molar-refractivity contribution >= 4 is 22.6 Å². The predicted molar refractivity (Wildman–Crippen MR) is 121 cm³/mol. The highest BCUT2D eigenvalue weighted by Crippen LogP contribution is 2.40. The second kappa shape index (κ2) is 9.24. The largest absolute Gasteiger partial charge is 0.493 e. The Morgan fingerprint density at radius 1 is 1.24 bits per heavy atom. The molecule has 1 fully saturated rings. The third-order valence-corrected chi connectivity index (χ3v) is 5.39. The van der Waals surface area contributed by atoms with Crippen molar-refractivity contribution in [1.29, 1.82) is 0 Å². The molecule has 1 amide bonds. The Kier molecular flexibility index (Phi) is 6.36. The summed E-state index contributed by atoms with van der Waals surface area (Å²) in [4.78, 5) is 45.4. The Hall–Kier alpha value is -3.76. The second-order valence-corrected chi connectivity index (χ2v) is 8.53. The number of amides is 1. The van der Waals surface area contributed by atoms with Crippen LogP contribution < -0.4 is 26.0 Å². The summed E-state index contributed by atoms with van der Waals surface area (Å²) in [7, 11) is 1.30. The van der Waals surface area contributed by atoms with Crippen molar-refractivity contribution in [3.63, 3.8) is 0 Å². The molecule has 2 aromatic heterocycles. The maximum Gasteiger partial charge on any atom is 0.387 e. The molecule has 0 radical (unpaired) electrons. The summed E-state index contributed by atoms with van der Waals surface area (Å²) in [6.45, 7) is 1.07. The van der Waals surface area contributed by atoms with Crippen molar-refractivity contribution in [2.75, 3.05) is 12.4 Å². The summed E-state index contributed by atoms with van der Waals surface area (Å²) < 4.78 is 36.4. The molecule has 0 aliphatic heterocycles. The van der Waals surface area contributed by atoms with E-state index in [2.05, 4.69) is 20.0 Å². The monoisotopic (exact) mass is 474 g/mol. The van der Waals surface area contributed by atoms with Crippen LogP contribution in [-0.2, 0) is 6.54 Å². The normalized spacial score (nSPS) is 13.5. The SMILES string of the molecule is COc1ccc(NC(=O)c2cc(C3CC3)nc3c2c(=O)[nH]c(=O)n3CC(C)C)cc1OC(F)F. The van der Waals surface area contributed by atoms with Crippen LogP contribution >= 0.6 is 0 Å². The number of halogens is 2. The lowest BCUT2D eigenvalue weighted by Gasteiger charge is -2.15. The van der Waals surface area contributed by atoms with Crippen LogP contribution in [0.25, 0.3) is 11.0 Å². The lowest BCUT2D eigenvalue weighted by Crippen LogP contribution is -2.33. The van der Waals surface area contributed by atoms with Gasteiger partial charge in [-0.1, -0.05) is 13.8 Å². The first-order chi connectivity index (χ1) is 16.2.